The third-order valence-corrected chi connectivity index (χ3v) is 2.94. The lowest BCUT2D eigenvalue weighted by molar-refractivity contribution is -0.217. The van der Waals surface area contributed by atoms with E-state index in [2.05, 4.69) is 10.3 Å². The van der Waals surface area contributed by atoms with Crippen molar-refractivity contribution in [2.75, 3.05) is 11.9 Å². The van der Waals surface area contributed by atoms with E-state index >= 15 is 0 Å². The van der Waals surface area contributed by atoms with Crippen LogP contribution in [-0.4, -0.2) is 23.8 Å². The topological polar surface area (TPSA) is 34.2 Å². The maximum Gasteiger partial charge on any atom is 0.414 e. The molecule has 1 aromatic heterocycles. The molecule has 0 aliphatic carbocycles. The van der Waals surface area contributed by atoms with Crippen LogP contribution in [0.2, 0.25) is 0 Å². The van der Waals surface area contributed by atoms with Gasteiger partial charge in [-0.2, -0.15) is 13.2 Å². The summed E-state index contributed by atoms with van der Waals surface area (Å²) in [5.41, 5.74) is 0. The Balaban J connectivity index is 2.39. The monoisotopic (exact) mass is 268 g/mol. The lowest BCUT2D eigenvalue weighted by Crippen LogP contribution is -2.28. The standard InChI is InChI=1S/C10H15F3N2OS/c1-3-4-14-9-15-5-8(17-9)6-16-7(2)10(11,12)13/h5,7H,3-4,6H2,1-2H3,(H,14,15). The Morgan fingerprint density at radius 1 is 1.53 bits per heavy atom. The van der Waals surface area contributed by atoms with Crippen LogP contribution >= 0.6 is 11.3 Å². The highest BCUT2D eigenvalue weighted by Crippen LogP contribution is 2.25. The van der Waals surface area contributed by atoms with Crippen LogP contribution in [0.1, 0.15) is 25.1 Å². The largest absolute Gasteiger partial charge is 0.414 e. The van der Waals surface area contributed by atoms with Crippen molar-refractivity contribution in [1.82, 2.24) is 4.98 Å². The second-order valence-corrected chi connectivity index (χ2v) is 4.67. The summed E-state index contributed by atoms with van der Waals surface area (Å²) in [6, 6.07) is 0. The lowest BCUT2D eigenvalue weighted by Gasteiger charge is -2.15. The average molecular weight is 268 g/mol. The van der Waals surface area contributed by atoms with Gasteiger partial charge in [0.25, 0.3) is 0 Å². The Hall–Kier alpha value is -0.820. The number of anilines is 1. The van der Waals surface area contributed by atoms with Gasteiger partial charge >= 0.3 is 6.18 Å². The van der Waals surface area contributed by atoms with Crippen LogP contribution in [0, 0.1) is 0 Å². The first-order valence-electron chi connectivity index (χ1n) is 5.30. The summed E-state index contributed by atoms with van der Waals surface area (Å²) in [7, 11) is 0. The lowest BCUT2D eigenvalue weighted by atomic mass is 10.4. The number of nitrogens with zero attached hydrogens (tertiary/aromatic N) is 1. The van der Waals surface area contributed by atoms with Crippen molar-refractivity contribution in [2.45, 2.75) is 39.2 Å². The molecule has 7 heteroatoms. The van der Waals surface area contributed by atoms with E-state index < -0.39 is 12.3 Å². The van der Waals surface area contributed by atoms with Gasteiger partial charge in [-0.05, 0) is 13.3 Å². The third-order valence-electron chi connectivity index (χ3n) is 2.02. The van der Waals surface area contributed by atoms with E-state index in [1.165, 1.54) is 17.5 Å². The van der Waals surface area contributed by atoms with Crippen LogP contribution in [0.15, 0.2) is 6.20 Å². The summed E-state index contributed by atoms with van der Waals surface area (Å²) in [5, 5.41) is 3.78. The minimum Gasteiger partial charge on any atom is -0.364 e. The SMILES string of the molecule is CCCNc1ncc(COC(C)C(F)(F)F)s1. The second-order valence-electron chi connectivity index (χ2n) is 3.55. The molecule has 1 heterocycles. The molecule has 3 nitrogen and oxygen atoms in total. The van der Waals surface area contributed by atoms with Crippen molar-refractivity contribution in [3.8, 4) is 0 Å². The number of halogens is 3. The maximum absolute atomic E-state index is 12.2. The van der Waals surface area contributed by atoms with Crippen LogP contribution in [0.25, 0.3) is 0 Å². The summed E-state index contributed by atoms with van der Waals surface area (Å²) < 4.78 is 41.3. The minimum absolute atomic E-state index is 0.0633. The smallest absolute Gasteiger partial charge is 0.364 e. The van der Waals surface area contributed by atoms with Crippen molar-refractivity contribution in [1.29, 1.82) is 0 Å². The fraction of sp³-hybridized carbons (Fsp3) is 0.700. The molecule has 17 heavy (non-hydrogen) atoms. The van der Waals surface area contributed by atoms with Crippen LogP contribution < -0.4 is 5.32 Å². The van der Waals surface area contributed by atoms with Gasteiger partial charge in [0.2, 0.25) is 0 Å². The first-order chi connectivity index (χ1) is 7.93. The number of rotatable bonds is 6. The molecular weight excluding hydrogens is 253 g/mol. The number of ether oxygens (including phenoxy) is 1. The van der Waals surface area contributed by atoms with E-state index in [0.717, 1.165) is 19.9 Å². The molecule has 1 atom stereocenters. The van der Waals surface area contributed by atoms with Crippen LogP contribution in [0.5, 0.6) is 0 Å². The summed E-state index contributed by atoms with van der Waals surface area (Å²) in [5.74, 6) is 0. The molecule has 98 valence electrons. The highest BCUT2D eigenvalue weighted by Gasteiger charge is 2.36. The predicted molar refractivity (Wildman–Crippen MR) is 61.2 cm³/mol. The van der Waals surface area contributed by atoms with Gasteiger partial charge in [0.05, 0.1) is 11.5 Å². The molecule has 1 rings (SSSR count). The van der Waals surface area contributed by atoms with Crippen LogP contribution in [0.3, 0.4) is 0 Å². The molecule has 0 bridgehead atoms. The Bertz CT molecular complexity index is 341. The zero-order valence-corrected chi connectivity index (χ0v) is 10.5. The molecule has 0 aromatic carbocycles. The number of hydrogen-bond donors (Lipinski definition) is 1. The molecule has 1 unspecified atom stereocenters. The van der Waals surface area contributed by atoms with E-state index in [4.69, 9.17) is 4.74 Å². The van der Waals surface area contributed by atoms with Crippen molar-refractivity contribution in [2.24, 2.45) is 0 Å². The first kappa shape index (κ1) is 14.2. The molecule has 0 fully saturated rings. The zero-order chi connectivity index (χ0) is 12.9. The van der Waals surface area contributed by atoms with Crippen molar-refractivity contribution in [3.63, 3.8) is 0 Å². The van der Waals surface area contributed by atoms with Crippen molar-refractivity contribution < 1.29 is 17.9 Å². The predicted octanol–water partition coefficient (Wildman–Crippen LogP) is 3.43. The van der Waals surface area contributed by atoms with E-state index in [9.17, 15) is 13.2 Å². The molecule has 0 saturated carbocycles. The van der Waals surface area contributed by atoms with E-state index in [1.54, 1.807) is 0 Å². The number of thiazole rings is 1. The number of aromatic nitrogens is 1. The Kier molecular flexibility index (Phi) is 5.20. The molecular formula is C10H15F3N2OS. The molecule has 0 amide bonds. The van der Waals surface area contributed by atoms with Gasteiger partial charge in [-0.3, -0.25) is 0 Å². The number of hydrogen-bond acceptors (Lipinski definition) is 4. The van der Waals surface area contributed by atoms with Gasteiger partial charge in [0.1, 0.15) is 0 Å². The molecule has 0 radical (unpaired) electrons. The zero-order valence-electron chi connectivity index (χ0n) is 9.67. The molecule has 0 saturated heterocycles. The fourth-order valence-corrected chi connectivity index (χ4v) is 1.75. The maximum atomic E-state index is 12.2. The first-order valence-corrected chi connectivity index (χ1v) is 6.12. The Morgan fingerprint density at radius 2 is 2.24 bits per heavy atom. The number of alkyl halides is 3. The summed E-state index contributed by atoms with van der Waals surface area (Å²) >= 11 is 1.31. The highest BCUT2D eigenvalue weighted by molar-refractivity contribution is 7.15. The summed E-state index contributed by atoms with van der Waals surface area (Å²) in [6.45, 7) is 3.76. The highest BCUT2D eigenvalue weighted by atomic mass is 32.1. The molecule has 1 N–H and O–H groups in total. The minimum atomic E-state index is -4.31. The van der Waals surface area contributed by atoms with E-state index in [1.807, 2.05) is 6.92 Å². The molecule has 0 aliphatic rings. The summed E-state index contributed by atoms with van der Waals surface area (Å²) in [4.78, 5) is 4.72. The van der Waals surface area contributed by atoms with Crippen molar-refractivity contribution in [3.05, 3.63) is 11.1 Å². The van der Waals surface area contributed by atoms with Gasteiger partial charge < -0.3 is 10.1 Å². The van der Waals surface area contributed by atoms with Gasteiger partial charge in [0, 0.05) is 12.7 Å². The van der Waals surface area contributed by atoms with E-state index in [-0.39, 0.29) is 6.61 Å². The van der Waals surface area contributed by atoms with Gasteiger partial charge in [0.15, 0.2) is 11.2 Å². The van der Waals surface area contributed by atoms with Gasteiger partial charge in [-0.1, -0.05) is 18.3 Å². The summed E-state index contributed by atoms with van der Waals surface area (Å²) in [6.07, 6.45) is -3.56. The fourth-order valence-electron chi connectivity index (χ4n) is 0.990. The van der Waals surface area contributed by atoms with E-state index in [0.29, 0.717) is 10.0 Å². The van der Waals surface area contributed by atoms with Gasteiger partial charge in [-0.25, -0.2) is 4.98 Å². The van der Waals surface area contributed by atoms with Gasteiger partial charge in [-0.15, -0.1) is 0 Å². The molecule has 1 aromatic rings. The Labute approximate surface area is 102 Å². The quantitative estimate of drug-likeness (QED) is 0.858. The average Bonchev–Trinajstić information content (AvgIpc) is 2.69. The number of nitrogens with one attached hydrogen (secondary N) is 1. The normalized spacial score (nSPS) is 13.7. The van der Waals surface area contributed by atoms with Crippen LogP contribution in [0.4, 0.5) is 18.3 Å². The molecule has 0 spiro atoms. The van der Waals surface area contributed by atoms with Crippen molar-refractivity contribution >= 4 is 16.5 Å². The van der Waals surface area contributed by atoms with Crippen LogP contribution in [-0.2, 0) is 11.3 Å². The Morgan fingerprint density at radius 3 is 2.82 bits per heavy atom. The second kappa shape index (κ2) is 6.20. The molecule has 0 aliphatic heterocycles. The third kappa shape index (κ3) is 4.91.